The van der Waals surface area contributed by atoms with Crippen LogP contribution in [0.25, 0.3) is 10.4 Å². The Labute approximate surface area is 129 Å². The van der Waals surface area contributed by atoms with Crippen LogP contribution in [0.1, 0.15) is 20.8 Å². The number of esters is 1. The van der Waals surface area contributed by atoms with Crippen molar-refractivity contribution in [2.24, 2.45) is 0 Å². The van der Waals surface area contributed by atoms with Gasteiger partial charge in [0.15, 0.2) is 0 Å². The molecule has 3 rings (SSSR count). The number of carbonyl (C=O) groups is 1. The molecule has 0 bridgehead atoms. The van der Waals surface area contributed by atoms with Crippen LogP contribution in [-0.2, 0) is 11.2 Å². The molecule has 1 aliphatic rings. The number of rotatable bonds is 1. The molecule has 0 saturated heterocycles. The molecule has 0 amide bonds. The first-order valence-electron chi connectivity index (χ1n) is 6.24. The second kappa shape index (κ2) is 5.22. The largest absolute Gasteiger partial charge is 0.493 e. The Hall–Kier alpha value is -1.33. The van der Waals surface area contributed by atoms with Crippen molar-refractivity contribution in [3.63, 3.8) is 0 Å². The van der Waals surface area contributed by atoms with Crippen LogP contribution in [0.2, 0.25) is 0 Å². The first-order chi connectivity index (χ1) is 9.60. The van der Waals surface area contributed by atoms with Gasteiger partial charge in [-0.1, -0.05) is 0 Å². The van der Waals surface area contributed by atoms with Gasteiger partial charge >= 0.3 is 5.97 Å². The minimum atomic E-state index is -0.348. The summed E-state index contributed by atoms with van der Waals surface area (Å²) in [5, 5.41) is 0. The fraction of sp³-hybridized carbons (Fsp3) is 0.267. The van der Waals surface area contributed by atoms with Crippen LogP contribution in [-0.4, -0.2) is 19.7 Å². The third-order valence-electron chi connectivity index (χ3n) is 3.28. The highest BCUT2D eigenvalue weighted by Crippen LogP contribution is 2.42. The monoisotopic (exact) mass is 352 g/mol. The van der Waals surface area contributed by atoms with Crippen LogP contribution in [0.5, 0.6) is 5.75 Å². The lowest BCUT2D eigenvalue weighted by Gasteiger charge is -2.11. The summed E-state index contributed by atoms with van der Waals surface area (Å²) in [6, 6.07) is 5.90. The number of fused-ring (bicyclic) bond motifs is 3. The number of hydrogen-bond donors (Lipinski definition) is 0. The second-order valence-corrected chi connectivity index (χ2v) is 6.74. The van der Waals surface area contributed by atoms with Gasteiger partial charge in [0.1, 0.15) is 5.75 Å². The Morgan fingerprint density at radius 2 is 2.20 bits per heavy atom. The minimum Gasteiger partial charge on any atom is -0.493 e. The molecule has 104 valence electrons. The number of benzene rings is 1. The molecule has 0 aliphatic carbocycles. The molecule has 0 unspecified atom stereocenters. The van der Waals surface area contributed by atoms with Gasteiger partial charge in [0, 0.05) is 26.2 Å². The Morgan fingerprint density at radius 1 is 1.40 bits per heavy atom. The number of aryl methyl sites for hydroxylation is 1. The Balaban J connectivity index is 2.23. The maximum atomic E-state index is 11.8. The van der Waals surface area contributed by atoms with Crippen molar-refractivity contribution in [3.05, 3.63) is 38.7 Å². The standard InChI is InChI=1S/C15H13BrO3S/c1-8-5-9-3-4-19-13-7-12(16)10(15(17)18-2)6-11(13)14(9)20-8/h5-7H,3-4H2,1-2H3. The molecule has 20 heavy (non-hydrogen) atoms. The summed E-state index contributed by atoms with van der Waals surface area (Å²) in [7, 11) is 1.39. The number of methoxy groups -OCH3 is 1. The van der Waals surface area contributed by atoms with E-state index in [9.17, 15) is 4.79 Å². The zero-order valence-corrected chi connectivity index (χ0v) is 13.6. The number of ether oxygens (including phenoxy) is 2. The van der Waals surface area contributed by atoms with E-state index in [0.29, 0.717) is 16.6 Å². The number of carbonyl (C=O) groups excluding carboxylic acids is 1. The summed E-state index contributed by atoms with van der Waals surface area (Å²) in [6.45, 7) is 2.75. The van der Waals surface area contributed by atoms with Crippen LogP contribution in [0, 0.1) is 6.92 Å². The van der Waals surface area contributed by atoms with Gasteiger partial charge in [-0.05, 0) is 46.6 Å². The minimum absolute atomic E-state index is 0.348. The molecule has 1 aromatic carbocycles. The lowest BCUT2D eigenvalue weighted by Crippen LogP contribution is -2.04. The van der Waals surface area contributed by atoms with E-state index < -0.39 is 0 Å². The lowest BCUT2D eigenvalue weighted by atomic mass is 10.0. The first-order valence-corrected chi connectivity index (χ1v) is 7.85. The summed E-state index contributed by atoms with van der Waals surface area (Å²) < 4.78 is 11.3. The maximum Gasteiger partial charge on any atom is 0.339 e. The molecule has 1 aliphatic heterocycles. The van der Waals surface area contributed by atoms with Gasteiger partial charge in [0.25, 0.3) is 0 Å². The summed E-state index contributed by atoms with van der Waals surface area (Å²) in [5.74, 6) is 0.462. The normalized spacial score (nSPS) is 12.9. The summed E-state index contributed by atoms with van der Waals surface area (Å²) in [5.41, 5.74) is 2.78. The average molecular weight is 353 g/mol. The number of halogens is 1. The number of thiophene rings is 1. The van der Waals surface area contributed by atoms with E-state index >= 15 is 0 Å². The first kappa shape index (κ1) is 13.6. The van der Waals surface area contributed by atoms with Crippen molar-refractivity contribution in [1.29, 1.82) is 0 Å². The van der Waals surface area contributed by atoms with Gasteiger partial charge in [-0.15, -0.1) is 11.3 Å². The zero-order valence-electron chi connectivity index (χ0n) is 11.2. The SMILES string of the molecule is COC(=O)c1cc2c(cc1Br)OCCc1cc(C)sc1-2. The highest BCUT2D eigenvalue weighted by molar-refractivity contribution is 9.10. The summed E-state index contributed by atoms with van der Waals surface area (Å²) >= 11 is 5.14. The van der Waals surface area contributed by atoms with Crippen molar-refractivity contribution < 1.29 is 14.3 Å². The Bertz CT molecular complexity index is 691. The van der Waals surface area contributed by atoms with Gasteiger partial charge < -0.3 is 9.47 Å². The van der Waals surface area contributed by atoms with Crippen LogP contribution in [0.15, 0.2) is 22.7 Å². The molecular weight excluding hydrogens is 340 g/mol. The van der Waals surface area contributed by atoms with E-state index in [1.54, 1.807) is 11.3 Å². The number of hydrogen-bond acceptors (Lipinski definition) is 4. The van der Waals surface area contributed by atoms with Crippen molar-refractivity contribution in [2.45, 2.75) is 13.3 Å². The van der Waals surface area contributed by atoms with E-state index in [0.717, 1.165) is 17.7 Å². The molecule has 1 aromatic heterocycles. The molecule has 0 fully saturated rings. The molecule has 3 nitrogen and oxygen atoms in total. The molecular formula is C15H13BrO3S. The third kappa shape index (κ3) is 2.25. The quantitative estimate of drug-likeness (QED) is 0.721. The van der Waals surface area contributed by atoms with Crippen molar-refractivity contribution >= 4 is 33.2 Å². The van der Waals surface area contributed by atoms with Gasteiger partial charge in [-0.3, -0.25) is 0 Å². The molecule has 2 aromatic rings. The lowest BCUT2D eigenvalue weighted by molar-refractivity contribution is 0.0599. The third-order valence-corrected chi connectivity index (χ3v) is 5.06. The van der Waals surface area contributed by atoms with Crippen LogP contribution in [0.3, 0.4) is 0 Å². The van der Waals surface area contributed by atoms with Crippen molar-refractivity contribution in [3.8, 4) is 16.2 Å². The molecule has 0 spiro atoms. The van der Waals surface area contributed by atoms with E-state index in [1.807, 2.05) is 12.1 Å². The maximum absolute atomic E-state index is 11.8. The molecule has 5 heteroatoms. The van der Waals surface area contributed by atoms with E-state index in [2.05, 4.69) is 28.9 Å². The van der Waals surface area contributed by atoms with E-state index in [1.165, 1.54) is 22.4 Å². The highest BCUT2D eigenvalue weighted by Gasteiger charge is 2.22. The molecule has 0 N–H and O–H groups in total. The molecule has 0 saturated carbocycles. The fourth-order valence-corrected chi connectivity index (χ4v) is 3.94. The van der Waals surface area contributed by atoms with Gasteiger partial charge in [0.2, 0.25) is 0 Å². The topological polar surface area (TPSA) is 35.5 Å². The van der Waals surface area contributed by atoms with Gasteiger partial charge in [-0.25, -0.2) is 4.79 Å². The fourth-order valence-electron chi connectivity index (χ4n) is 2.37. The Morgan fingerprint density at radius 3 is 2.95 bits per heavy atom. The predicted molar refractivity (Wildman–Crippen MR) is 82.7 cm³/mol. The van der Waals surface area contributed by atoms with Crippen LogP contribution >= 0.6 is 27.3 Å². The van der Waals surface area contributed by atoms with E-state index in [4.69, 9.17) is 9.47 Å². The molecule has 0 radical (unpaired) electrons. The molecule has 0 atom stereocenters. The van der Waals surface area contributed by atoms with Crippen LogP contribution < -0.4 is 4.74 Å². The Kier molecular flexibility index (Phi) is 3.56. The average Bonchev–Trinajstić information content (AvgIpc) is 2.71. The summed E-state index contributed by atoms with van der Waals surface area (Å²) in [4.78, 5) is 14.3. The second-order valence-electron chi connectivity index (χ2n) is 4.63. The van der Waals surface area contributed by atoms with Crippen molar-refractivity contribution in [2.75, 3.05) is 13.7 Å². The van der Waals surface area contributed by atoms with Crippen LogP contribution in [0.4, 0.5) is 0 Å². The van der Waals surface area contributed by atoms with Gasteiger partial charge in [0.05, 0.1) is 19.3 Å². The van der Waals surface area contributed by atoms with E-state index in [-0.39, 0.29) is 5.97 Å². The van der Waals surface area contributed by atoms with Crippen molar-refractivity contribution in [1.82, 2.24) is 0 Å². The smallest absolute Gasteiger partial charge is 0.339 e. The predicted octanol–water partition coefficient (Wildman–Crippen LogP) is 4.21. The highest BCUT2D eigenvalue weighted by atomic mass is 79.9. The summed E-state index contributed by atoms with van der Waals surface area (Å²) in [6.07, 6.45) is 0.888. The molecule has 2 heterocycles. The zero-order chi connectivity index (χ0) is 14.3. The van der Waals surface area contributed by atoms with Gasteiger partial charge in [-0.2, -0.15) is 0 Å².